The van der Waals surface area contributed by atoms with Crippen LogP contribution in [0, 0.1) is 0 Å². The highest BCUT2D eigenvalue weighted by Crippen LogP contribution is 2.16. The first-order chi connectivity index (χ1) is 8.18. The molecule has 0 aliphatic heterocycles. The van der Waals surface area contributed by atoms with Gasteiger partial charge in [0, 0.05) is 10.9 Å². The molecular formula is C12H8NO3S-. The molecule has 0 unspecified atom stereocenters. The predicted octanol–water partition coefficient (Wildman–Crippen LogP) is 1.36. The van der Waals surface area contributed by atoms with Crippen LogP contribution in [0.15, 0.2) is 41.1 Å². The van der Waals surface area contributed by atoms with Gasteiger partial charge in [0.1, 0.15) is 0 Å². The number of rotatable bonds is 3. The molecule has 0 saturated carbocycles. The second kappa shape index (κ2) is 4.80. The van der Waals surface area contributed by atoms with Gasteiger partial charge in [-0.3, -0.25) is 4.79 Å². The van der Waals surface area contributed by atoms with Crippen molar-refractivity contribution in [3.8, 4) is 0 Å². The molecular weight excluding hydrogens is 238 g/mol. The summed E-state index contributed by atoms with van der Waals surface area (Å²) in [7, 11) is 0. The molecule has 1 aromatic carbocycles. The Hall–Kier alpha value is -2.14. The quantitative estimate of drug-likeness (QED) is 0.889. The Labute approximate surface area is 102 Å². The van der Waals surface area contributed by atoms with Gasteiger partial charge in [0.25, 0.3) is 5.91 Å². The molecule has 0 atom stereocenters. The van der Waals surface area contributed by atoms with Crippen molar-refractivity contribution in [3.63, 3.8) is 0 Å². The SMILES string of the molecule is O=C(Nc1ccccc1C(=O)[O-])c1ccsc1. The number of benzene rings is 1. The molecule has 1 amide bonds. The van der Waals surface area contributed by atoms with Crippen LogP contribution in [0.4, 0.5) is 5.69 Å². The summed E-state index contributed by atoms with van der Waals surface area (Å²) in [5.74, 6) is -1.65. The van der Waals surface area contributed by atoms with Crippen LogP contribution < -0.4 is 10.4 Å². The monoisotopic (exact) mass is 246 g/mol. The molecule has 0 spiro atoms. The summed E-state index contributed by atoms with van der Waals surface area (Å²) in [6, 6.07) is 7.80. The average molecular weight is 246 g/mol. The van der Waals surface area contributed by atoms with Crippen LogP contribution in [0.25, 0.3) is 0 Å². The Morgan fingerprint density at radius 2 is 1.94 bits per heavy atom. The zero-order valence-electron chi connectivity index (χ0n) is 8.67. The van der Waals surface area contributed by atoms with Crippen LogP contribution in [-0.4, -0.2) is 11.9 Å². The maximum Gasteiger partial charge on any atom is 0.256 e. The normalized spacial score (nSPS) is 9.88. The van der Waals surface area contributed by atoms with Crippen molar-refractivity contribution in [3.05, 3.63) is 52.2 Å². The van der Waals surface area contributed by atoms with E-state index in [0.29, 0.717) is 5.56 Å². The number of thiophene rings is 1. The fourth-order valence-electron chi connectivity index (χ4n) is 1.36. The molecule has 0 bridgehead atoms. The molecule has 1 aromatic heterocycles. The minimum absolute atomic E-state index is 0.0314. The Balaban J connectivity index is 2.25. The van der Waals surface area contributed by atoms with E-state index in [4.69, 9.17) is 0 Å². The van der Waals surface area contributed by atoms with Crippen molar-refractivity contribution in [1.29, 1.82) is 0 Å². The van der Waals surface area contributed by atoms with Gasteiger partial charge in [-0.05, 0) is 17.5 Å². The van der Waals surface area contributed by atoms with E-state index in [2.05, 4.69) is 5.32 Å². The van der Waals surface area contributed by atoms with Crippen molar-refractivity contribution < 1.29 is 14.7 Å². The first-order valence-corrected chi connectivity index (χ1v) is 5.76. The summed E-state index contributed by atoms with van der Waals surface area (Å²) < 4.78 is 0. The molecule has 1 heterocycles. The highest BCUT2D eigenvalue weighted by molar-refractivity contribution is 7.08. The Bertz CT molecular complexity index is 549. The minimum Gasteiger partial charge on any atom is -0.545 e. The van der Waals surface area contributed by atoms with Crippen LogP contribution in [0.5, 0.6) is 0 Å². The highest BCUT2D eigenvalue weighted by atomic mass is 32.1. The zero-order valence-corrected chi connectivity index (χ0v) is 9.49. The average Bonchev–Trinajstić information content (AvgIpc) is 2.83. The highest BCUT2D eigenvalue weighted by Gasteiger charge is 2.09. The number of carboxylic acid groups (broad SMARTS) is 1. The Morgan fingerprint density at radius 1 is 1.18 bits per heavy atom. The number of aromatic carboxylic acids is 1. The molecule has 2 rings (SSSR count). The first kappa shape index (κ1) is 11.3. The second-order valence-electron chi connectivity index (χ2n) is 3.30. The number of hydrogen-bond acceptors (Lipinski definition) is 4. The molecule has 0 aliphatic carbocycles. The van der Waals surface area contributed by atoms with Gasteiger partial charge in [-0.1, -0.05) is 18.2 Å². The molecule has 17 heavy (non-hydrogen) atoms. The van der Waals surface area contributed by atoms with Gasteiger partial charge >= 0.3 is 0 Å². The van der Waals surface area contributed by atoms with E-state index in [1.54, 1.807) is 29.0 Å². The van der Waals surface area contributed by atoms with Crippen molar-refractivity contribution in [1.82, 2.24) is 0 Å². The van der Waals surface area contributed by atoms with Gasteiger partial charge in [-0.2, -0.15) is 11.3 Å². The molecule has 0 aliphatic rings. The number of carboxylic acids is 1. The Kier molecular flexibility index (Phi) is 3.20. The molecule has 5 heteroatoms. The number of nitrogens with one attached hydrogen (secondary N) is 1. The topological polar surface area (TPSA) is 69.2 Å². The summed E-state index contributed by atoms with van der Waals surface area (Å²) in [6.45, 7) is 0. The molecule has 0 radical (unpaired) electrons. The number of para-hydroxylation sites is 1. The summed E-state index contributed by atoms with van der Waals surface area (Å²) in [6.07, 6.45) is 0. The number of carbonyl (C=O) groups excluding carboxylic acids is 2. The van der Waals surface area contributed by atoms with E-state index in [1.807, 2.05) is 0 Å². The standard InChI is InChI=1S/C12H9NO3S/c14-11(8-5-6-17-7-8)13-10-4-2-1-3-9(10)12(15)16/h1-7H,(H,13,14)(H,15,16)/p-1. The summed E-state index contributed by atoms with van der Waals surface area (Å²) in [5.41, 5.74) is 0.711. The van der Waals surface area contributed by atoms with Crippen molar-refractivity contribution in [2.45, 2.75) is 0 Å². The van der Waals surface area contributed by atoms with Crippen molar-refractivity contribution in [2.24, 2.45) is 0 Å². The summed E-state index contributed by atoms with van der Waals surface area (Å²) in [4.78, 5) is 22.6. The maximum absolute atomic E-state index is 11.7. The van der Waals surface area contributed by atoms with Gasteiger partial charge in [0.15, 0.2) is 0 Å². The molecule has 0 saturated heterocycles. The van der Waals surface area contributed by atoms with Crippen LogP contribution in [0.3, 0.4) is 0 Å². The molecule has 1 N–H and O–H groups in total. The van der Waals surface area contributed by atoms with Crippen LogP contribution >= 0.6 is 11.3 Å². The lowest BCUT2D eigenvalue weighted by atomic mass is 10.1. The van der Waals surface area contributed by atoms with Crippen molar-refractivity contribution in [2.75, 3.05) is 5.32 Å². The molecule has 2 aromatic rings. The van der Waals surface area contributed by atoms with E-state index in [1.165, 1.54) is 23.5 Å². The lowest BCUT2D eigenvalue weighted by Gasteiger charge is -2.10. The number of amides is 1. The molecule has 0 fully saturated rings. The van der Waals surface area contributed by atoms with E-state index in [0.717, 1.165) is 0 Å². The van der Waals surface area contributed by atoms with Gasteiger partial charge in [0.05, 0.1) is 17.2 Å². The van der Waals surface area contributed by atoms with Gasteiger partial charge < -0.3 is 15.2 Å². The molecule has 4 nitrogen and oxygen atoms in total. The third-order valence-corrected chi connectivity index (χ3v) is 2.86. The zero-order chi connectivity index (χ0) is 12.3. The fourth-order valence-corrected chi connectivity index (χ4v) is 1.99. The van der Waals surface area contributed by atoms with E-state index >= 15 is 0 Å². The van der Waals surface area contributed by atoms with Crippen LogP contribution in [-0.2, 0) is 0 Å². The van der Waals surface area contributed by atoms with Crippen LogP contribution in [0.2, 0.25) is 0 Å². The predicted molar refractivity (Wildman–Crippen MR) is 63.0 cm³/mol. The third kappa shape index (κ3) is 2.51. The van der Waals surface area contributed by atoms with Crippen LogP contribution in [0.1, 0.15) is 20.7 Å². The largest absolute Gasteiger partial charge is 0.545 e. The van der Waals surface area contributed by atoms with Gasteiger partial charge in [-0.15, -0.1) is 0 Å². The number of hydrogen-bond donors (Lipinski definition) is 1. The fraction of sp³-hybridized carbons (Fsp3) is 0. The Morgan fingerprint density at radius 3 is 2.59 bits per heavy atom. The first-order valence-electron chi connectivity index (χ1n) is 4.82. The third-order valence-electron chi connectivity index (χ3n) is 2.18. The second-order valence-corrected chi connectivity index (χ2v) is 4.08. The van der Waals surface area contributed by atoms with E-state index < -0.39 is 5.97 Å². The minimum atomic E-state index is -1.31. The lowest BCUT2D eigenvalue weighted by molar-refractivity contribution is -0.254. The van der Waals surface area contributed by atoms with Gasteiger partial charge in [0.2, 0.25) is 0 Å². The summed E-state index contributed by atoms with van der Waals surface area (Å²) >= 11 is 1.40. The smallest absolute Gasteiger partial charge is 0.256 e. The lowest BCUT2D eigenvalue weighted by Crippen LogP contribution is -2.24. The molecule has 86 valence electrons. The van der Waals surface area contributed by atoms with Gasteiger partial charge in [-0.25, -0.2) is 0 Å². The number of carbonyl (C=O) groups is 2. The number of anilines is 1. The van der Waals surface area contributed by atoms with Crippen molar-refractivity contribution >= 4 is 28.9 Å². The van der Waals surface area contributed by atoms with E-state index in [9.17, 15) is 14.7 Å². The summed E-state index contributed by atoms with van der Waals surface area (Å²) in [5, 5.41) is 16.8. The maximum atomic E-state index is 11.7. The van der Waals surface area contributed by atoms with E-state index in [-0.39, 0.29) is 17.2 Å².